The van der Waals surface area contributed by atoms with Gasteiger partial charge in [0.25, 0.3) is 0 Å². The van der Waals surface area contributed by atoms with E-state index in [9.17, 15) is 0 Å². The van der Waals surface area contributed by atoms with E-state index in [0.29, 0.717) is 6.04 Å². The first-order valence-corrected chi connectivity index (χ1v) is 7.59. The molecule has 0 radical (unpaired) electrons. The van der Waals surface area contributed by atoms with E-state index in [0.717, 1.165) is 30.5 Å². The molecule has 0 aromatic rings. The van der Waals surface area contributed by atoms with Gasteiger partial charge >= 0.3 is 0 Å². The van der Waals surface area contributed by atoms with Crippen molar-refractivity contribution < 1.29 is 0 Å². The van der Waals surface area contributed by atoms with Crippen molar-refractivity contribution in [2.75, 3.05) is 6.54 Å². The van der Waals surface area contributed by atoms with Crippen LogP contribution in [0.25, 0.3) is 0 Å². The predicted molar refractivity (Wildman–Crippen MR) is 74.0 cm³/mol. The molecule has 0 spiro atoms. The minimum absolute atomic E-state index is 0.654. The first-order valence-electron chi connectivity index (χ1n) is 7.59. The summed E-state index contributed by atoms with van der Waals surface area (Å²) >= 11 is 0. The fourth-order valence-electron chi connectivity index (χ4n) is 4.35. The zero-order valence-corrected chi connectivity index (χ0v) is 11.9. The van der Waals surface area contributed by atoms with Crippen LogP contribution in [0.3, 0.4) is 0 Å². The van der Waals surface area contributed by atoms with E-state index in [4.69, 9.17) is 5.73 Å². The summed E-state index contributed by atoms with van der Waals surface area (Å²) in [5.74, 6) is 1.80. The average Bonchev–Trinajstić information content (AvgIpc) is 2.27. The van der Waals surface area contributed by atoms with Gasteiger partial charge in [-0.2, -0.15) is 0 Å². The van der Waals surface area contributed by atoms with Crippen LogP contribution in [0.15, 0.2) is 0 Å². The Bertz CT molecular complexity index is 231. The van der Waals surface area contributed by atoms with Gasteiger partial charge in [0.2, 0.25) is 0 Å². The lowest BCUT2D eigenvalue weighted by Crippen LogP contribution is -2.55. The molecule has 2 N–H and O–H groups in total. The van der Waals surface area contributed by atoms with Crippen LogP contribution in [-0.2, 0) is 0 Å². The number of nitrogens with two attached hydrogens (primary N) is 1. The Morgan fingerprint density at radius 1 is 1.00 bits per heavy atom. The minimum atomic E-state index is 0.654. The van der Waals surface area contributed by atoms with E-state index >= 15 is 0 Å². The molecule has 4 unspecified atom stereocenters. The topological polar surface area (TPSA) is 29.3 Å². The molecule has 2 rings (SSSR count). The van der Waals surface area contributed by atoms with E-state index in [2.05, 4.69) is 25.7 Å². The Hall–Kier alpha value is -0.0800. The van der Waals surface area contributed by atoms with Crippen molar-refractivity contribution >= 4 is 0 Å². The maximum absolute atomic E-state index is 5.99. The van der Waals surface area contributed by atoms with Gasteiger partial charge in [-0.15, -0.1) is 0 Å². The second kappa shape index (κ2) is 5.71. The number of hydrogen-bond donors (Lipinski definition) is 1. The molecule has 0 bridgehead atoms. The van der Waals surface area contributed by atoms with E-state index in [1.807, 2.05) is 0 Å². The zero-order chi connectivity index (χ0) is 12.4. The molecule has 1 saturated heterocycles. The fraction of sp³-hybridized carbons (Fsp3) is 1.00. The van der Waals surface area contributed by atoms with Crippen molar-refractivity contribution in [2.45, 2.75) is 77.4 Å². The maximum atomic E-state index is 5.99. The van der Waals surface area contributed by atoms with Crippen molar-refractivity contribution in [3.05, 3.63) is 0 Å². The SMILES string of the molecule is CC1CC(C)CC(N2C(C)CCCC2CN)C1. The van der Waals surface area contributed by atoms with Crippen molar-refractivity contribution in [3.8, 4) is 0 Å². The van der Waals surface area contributed by atoms with Gasteiger partial charge in [0.1, 0.15) is 0 Å². The maximum Gasteiger partial charge on any atom is 0.0224 e. The van der Waals surface area contributed by atoms with Gasteiger partial charge in [-0.3, -0.25) is 4.90 Å². The molecule has 1 aliphatic heterocycles. The Morgan fingerprint density at radius 3 is 2.24 bits per heavy atom. The van der Waals surface area contributed by atoms with Crippen LogP contribution in [0.4, 0.5) is 0 Å². The summed E-state index contributed by atoms with van der Waals surface area (Å²) in [7, 11) is 0. The van der Waals surface area contributed by atoms with Crippen molar-refractivity contribution in [1.82, 2.24) is 4.90 Å². The Morgan fingerprint density at radius 2 is 1.65 bits per heavy atom. The summed E-state index contributed by atoms with van der Waals surface area (Å²) < 4.78 is 0. The largest absolute Gasteiger partial charge is 0.329 e. The molecule has 4 atom stereocenters. The molecule has 1 saturated carbocycles. The number of piperidine rings is 1. The first kappa shape index (κ1) is 13.4. The van der Waals surface area contributed by atoms with Gasteiger partial charge in [-0.05, 0) is 50.9 Å². The van der Waals surface area contributed by atoms with Gasteiger partial charge in [0.05, 0.1) is 0 Å². The number of hydrogen-bond acceptors (Lipinski definition) is 2. The molecule has 17 heavy (non-hydrogen) atoms. The van der Waals surface area contributed by atoms with Gasteiger partial charge in [0, 0.05) is 24.7 Å². The third-order valence-electron chi connectivity index (χ3n) is 4.94. The number of nitrogens with zero attached hydrogens (tertiary/aromatic N) is 1. The van der Waals surface area contributed by atoms with Crippen LogP contribution in [0, 0.1) is 11.8 Å². The second-order valence-corrected chi connectivity index (χ2v) is 6.69. The summed E-state index contributed by atoms with van der Waals surface area (Å²) in [5, 5.41) is 0. The van der Waals surface area contributed by atoms with Gasteiger partial charge in [-0.1, -0.05) is 20.3 Å². The lowest BCUT2D eigenvalue weighted by molar-refractivity contribution is 0.0130. The molecule has 1 heterocycles. The van der Waals surface area contributed by atoms with Gasteiger partial charge in [-0.25, -0.2) is 0 Å². The lowest BCUT2D eigenvalue weighted by Gasteiger charge is -2.48. The van der Waals surface area contributed by atoms with E-state index in [1.54, 1.807) is 0 Å². The first-order chi connectivity index (χ1) is 8.11. The Kier molecular flexibility index (Phi) is 4.48. The monoisotopic (exact) mass is 238 g/mol. The molecule has 0 aromatic carbocycles. The van der Waals surface area contributed by atoms with Crippen molar-refractivity contribution in [2.24, 2.45) is 17.6 Å². The molecule has 2 aliphatic rings. The van der Waals surface area contributed by atoms with E-state index < -0.39 is 0 Å². The Labute approximate surface area is 107 Å². The third kappa shape index (κ3) is 3.03. The quantitative estimate of drug-likeness (QED) is 0.801. The molecular weight excluding hydrogens is 208 g/mol. The molecule has 2 nitrogen and oxygen atoms in total. The van der Waals surface area contributed by atoms with Gasteiger partial charge < -0.3 is 5.73 Å². The average molecular weight is 238 g/mol. The highest BCUT2D eigenvalue weighted by Crippen LogP contribution is 2.36. The molecule has 0 aromatic heterocycles. The van der Waals surface area contributed by atoms with Crippen LogP contribution < -0.4 is 5.73 Å². The zero-order valence-electron chi connectivity index (χ0n) is 11.9. The standard InChI is InChI=1S/C15H30N2/c1-11-7-12(2)9-15(8-11)17-13(3)5-4-6-14(17)10-16/h11-15H,4-10,16H2,1-3H3. The molecule has 2 heteroatoms. The van der Waals surface area contributed by atoms with Gasteiger partial charge in [0.15, 0.2) is 0 Å². The highest BCUT2D eigenvalue weighted by atomic mass is 15.2. The van der Waals surface area contributed by atoms with E-state index in [-0.39, 0.29) is 0 Å². The highest BCUT2D eigenvalue weighted by molar-refractivity contribution is 4.91. The molecular formula is C15H30N2. The highest BCUT2D eigenvalue weighted by Gasteiger charge is 2.36. The molecule has 100 valence electrons. The smallest absolute Gasteiger partial charge is 0.0224 e. The van der Waals surface area contributed by atoms with Crippen molar-refractivity contribution in [3.63, 3.8) is 0 Å². The van der Waals surface area contributed by atoms with Crippen LogP contribution in [0.5, 0.6) is 0 Å². The van der Waals surface area contributed by atoms with Crippen LogP contribution in [0.1, 0.15) is 59.3 Å². The van der Waals surface area contributed by atoms with Crippen LogP contribution in [-0.4, -0.2) is 29.6 Å². The summed E-state index contributed by atoms with van der Waals surface area (Å²) in [6, 6.07) is 2.21. The van der Waals surface area contributed by atoms with Crippen LogP contribution >= 0.6 is 0 Å². The molecule has 1 aliphatic carbocycles. The van der Waals surface area contributed by atoms with E-state index in [1.165, 1.54) is 38.5 Å². The van der Waals surface area contributed by atoms with Crippen molar-refractivity contribution in [1.29, 1.82) is 0 Å². The predicted octanol–water partition coefficient (Wildman–Crippen LogP) is 3.01. The fourth-order valence-corrected chi connectivity index (χ4v) is 4.35. The summed E-state index contributed by atoms with van der Waals surface area (Å²) in [5.41, 5.74) is 5.99. The Balaban J connectivity index is 2.06. The number of likely N-dealkylation sites (tertiary alicyclic amines) is 1. The molecule has 0 amide bonds. The minimum Gasteiger partial charge on any atom is -0.329 e. The lowest BCUT2D eigenvalue weighted by atomic mass is 9.78. The molecule has 2 fully saturated rings. The number of rotatable bonds is 2. The summed E-state index contributed by atoms with van der Waals surface area (Å²) in [4.78, 5) is 2.79. The van der Waals surface area contributed by atoms with Crippen LogP contribution in [0.2, 0.25) is 0 Å². The normalized spacial score (nSPS) is 44.8. The second-order valence-electron chi connectivity index (χ2n) is 6.69. The summed E-state index contributed by atoms with van der Waals surface area (Å²) in [6.45, 7) is 8.11. The third-order valence-corrected chi connectivity index (χ3v) is 4.94. The summed E-state index contributed by atoms with van der Waals surface area (Å²) in [6.07, 6.45) is 8.27.